The summed E-state index contributed by atoms with van der Waals surface area (Å²) in [7, 11) is -2.45. The third kappa shape index (κ3) is 4.07. The number of anilines is 1. The maximum atomic E-state index is 13.5. The molecular formula is C20H19FN4O4S. The number of carbonyl (C=O) groups is 1. The molecule has 0 spiro atoms. The highest BCUT2D eigenvalue weighted by Gasteiger charge is 2.34. The summed E-state index contributed by atoms with van der Waals surface area (Å²) in [6.45, 7) is 1.54. The minimum Gasteiger partial charge on any atom is -0.379 e. The van der Waals surface area contributed by atoms with Crippen LogP contribution in [0.25, 0.3) is 0 Å². The van der Waals surface area contributed by atoms with E-state index < -0.39 is 33.9 Å². The number of carbonyl (C=O) groups excluding carboxylic acids is 1. The zero-order chi connectivity index (χ0) is 22.1. The van der Waals surface area contributed by atoms with Crippen LogP contribution in [0.4, 0.5) is 10.1 Å². The van der Waals surface area contributed by atoms with Crippen LogP contribution in [-0.4, -0.2) is 36.1 Å². The second kappa shape index (κ2) is 8.28. The van der Waals surface area contributed by atoms with Crippen LogP contribution in [-0.2, 0) is 23.5 Å². The van der Waals surface area contributed by atoms with Gasteiger partial charge in [0, 0.05) is 24.5 Å². The molecule has 1 aromatic heterocycles. The highest BCUT2D eigenvalue weighted by Crippen LogP contribution is 2.28. The van der Waals surface area contributed by atoms with Crippen molar-refractivity contribution in [1.29, 1.82) is 5.26 Å². The Kier molecular flexibility index (Phi) is 5.94. The number of halogens is 1. The maximum Gasteiger partial charge on any atom is 0.272 e. The molecule has 10 heteroatoms. The average molecular weight is 430 g/mol. The molecule has 1 unspecified atom stereocenters. The van der Waals surface area contributed by atoms with Gasteiger partial charge in [-0.25, -0.2) is 17.5 Å². The van der Waals surface area contributed by atoms with E-state index in [1.54, 1.807) is 20.0 Å². The Labute approximate surface area is 173 Å². The van der Waals surface area contributed by atoms with E-state index in [2.05, 4.69) is 21.9 Å². The van der Waals surface area contributed by atoms with Crippen LogP contribution in [0.1, 0.15) is 35.0 Å². The Morgan fingerprint density at radius 1 is 1.47 bits per heavy atom. The van der Waals surface area contributed by atoms with Crippen molar-refractivity contribution in [2.45, 2.75) is 36.8 Å². The maximum absolute atomic E-state index is 13.5. The van der Waals surface area contributed by atoms with Crippen LogP contribution < -0.4 is 10.0 Å². The number of aliphatic hydroxyl groups is 1. The van der Waals surface area contributed by atoms with E-state index in [1.807, 2.05) is 0 Å². The Morgan fingerprint density at radius 2 is 2.20 bits per heavy atom. The van der Waals surface area contributed by atoms with Gasteiger partial charge in [-0.2, -0.15) is 5.26 Å². The summed E-state index contributed by atoms with van der Waals surface area (Å²) in [5.41, 5.74) is 0.410. The molecule has 1 aromatic carbocycles. The van der Waals surface area contributed by atoms with E-state index in [0.717, 1.165) is 6.07 Å². The average Bonchev–Trinajstić information content (AvgIpc) is 2.97. The summed E-state index contributed by atoms with van der Waals surface area (Å²) in [6.07, 6.45) is 0.605. The largest absolute Gasteiger partial charge is 0.379 e. The van der Waals surface area contributed by atoms with Gasteiger partial charge < -0.3 is 15.0 Å². The summed E-state index contributed by atoms with van der Waals surface area (Å²) in [5.74, 6) is 3.78. The summed E-state index contributed by atoms with van der Waals surface area (Å²) in [5, 5.41) is 21.6. The van der Waals surface area contributed by atoms with Gasteiger partial charge in [0.15, 0.2) is 0 Å². The first-order valence-corrected chi connectivity index (χ1v) is 10.5. The summed E-state index contributed by atoms with van der Waals surface area (Å²) in [4.78, 5) is 12.8. The Balaban J connectivity index is 1.96. The molecule has 3 N–H and O–H groups in total. The molecule has 0 bridgehead atoms. The van der Waals surface area contributed by atoms with Crippen molar-refractivity contribution in [1.82, 2.24) is 9.29 Å². The summed E-state index contributed by atoms with van der Waals surface area (Å²) < 4.78 is 42.9. The van der Waals surface area contributed by atoms with Gasteiger partial charge in [-0.3, -0.25) is 4.79 Å². The molecule has 1 amide bonds. The number of benzene rings is 1. The molecule has 1 aliphatic rings. The van der Waals surface area contributed by atoms with Gasteiger partial charge in [0.2, 0.25) is 10.0 Å². The summed E-state index contributed by atoms with van der Waals surface area (Å²) in [6, 6.07) is 4.45. The standard InChI is InChI=1S/C20H19FN4O4S/c1-3-4-17(26)16-8-6-14-18(30(28,29)24-16)11-25(2)19(14)20(27)23-13-5-7-15(21)12(9-13)10-22/h5,7,9,11,16-17,24,26H,6,8H2,1-2H3,(H,23,27)/t16-,17?/m1/s1. The lowest BCUT2D eigenvalue weighted by Gasteiger charge is -2.17. The lowest BCUT2D eigenvalue weighted by molar-refractivity contribution is 0.101. The fourth-order valence-corrected chi connectivity index (χ4v) is 4.98. The quantitative estimate of drug-likeness (QED) is 0.633. The topological polar surface area (TPSA) is 124 Å². The second-order valence-electron chi connectivity index (χ2n) is 6.80. The molecule has 0 aliphatic carbocycles. The molecule has 0 radical (unpaired) electrons. The third-order valence-corrected chi connectivity index (χ3v) is 6.33. The molecule has 8 nitrogen and oxygen atoms in total. The van der Waals surface area contributed by atoms with Crippen LogP contribution >= 0.6 is 0 Å². The number of fused-ring (bicyclic) bond motifs is 1. The van der Waals surface area contributed by atoms with Gasteiger partial charge in [0.25, 0.3) is 5.91 Å². The molecule has 1 aliphatic heterocycles. The molecule has 3 rings (SSSR count). The first-order chi connectivity index (χ1) is 14.2. The van der Waals surface area contributed by atoms with Gasteiger partial charge in [-0.15, -0.1) is 5.92 Å². The third-order valence-electron chi connectivity index (χ3n) is 4.78. The SMILES string of the molecule is CC#CC(O)[C@H]1CCc2c(cn(C)c2C(=O)Nc2ccc(F)c(C#N)c2)S(=O)(=O)N1. The van der Waals surface area contributed by atoms with Crippen LogP contribution in [0, 0.1) is 29.0 Å². The minimum atomic E-state index is -3.99. The highest BCUT2D eigenvalue weighted by atomic mass is 32.2. The van der Waals surface area contributed by atoms with Gasteiger partial charge >= 0.3 is 0 Å². The van der Waals surface area contributed by atoms with E-state index in [0.29, 0.717) is 5.56 Å². The van der Waals surface area contributed by atoms with Crippen molar-refractivity contribution in [3.63, 3.8) is 0 Å². The molecule has 2 heterocycles. The Morgan fingerprint density at radius 3 is 2.87 bits per heavy atom. The molecular weight excluding hydrogens is 411 g/mol. The number of aromatic nitrogens is 1. The number of nitrogens with one attached hydrogen (secondary N) is 2. The fourth-order valence-electron chi connectivity index (χ4n) is 3.39. The van der Waals surface area contributed by atoms with E-state index >= 15 is 0 Å². The van der Waals surface area contributed by atoms with Crippen LogP contribution in [0.2, 0.25) is 0 Å². The van der Waals surface area contributed by atoms with Gasteiger partial charge in [0.1, 0.15) is 28.6 Å². The number of sulfonamides is 1. The number of aryl methyl sites for hydroxylation is 1. The van der Waals surface area contributed by atoms with Crippen molar-refractivity contribution >= 4 is 21.6 Å². The lowest BCUT2D eigenvalue weighted by Crippen LogP contribution is -2.41. The number of amides is 1. The predicted molar refractivity (Wildman–Crippen MR) is 106 cm³/mol. The van der Waals surface area contributed by atoms with Crippen LogP contribution in [0.3, 0.4) is 0 Å². The van der Waals surface area contributed by atoms with Crippen molar-refractivity contribution in [2.75, 3.05) is 5.32 Å². The number of hydrogen-bond acceptors (Lipinski definition) is 5. The predicted octanol–water partition coefficient (Wildman–Crippen LogP) is 1.27. The fraction of sp³-hybridized carbons (Fsp3) is 0.300. The molecule has 156 valence electrons. The van der Waals surface area contributed by atoms with E-state index in [4.69, 9.17) is 5.26 Å². The summed E-state index contributed by atoms with van der Waals surface area (Å²) >= 11 is 0. The zero-order valence-corrected chi connectivity index (χ0v) is 17.0. The monoisotopic (exact) mass is 430 g/mol. The normalized spacial score (nSPS) is 18.2. The molecule has 0 saturated heterocycles. The van der Waals surface area contributed by atoms with Crippen molar-refractivity contribution in [3.8, 4) is 17.9 Å². The number of hydrogen-bond donors (Lipinski definition) is 3. The second-order valence-corrected chi connectivity index (χ2v) is 8.48. The number of aliphatic hydroxyl groups excluding tert-OH is 1. The molecule has 0 saturated carbocycles. The van der Waals surface area contributed by atoms with Crippen LogP contribution in [0.15, 0.2) is 29.3 Å². The van der Waals surface area contributed by atoms with E-state index in [1.165, 1.54) is 22.9 Å². The highest BCUT2D eigenvalue weighted by molar-refractivity contribution is 7.89. The molecule has 2 atom stereocenters. The van der Waals surface area contributed by atoms with Crippen molar-refractivity contribution < 1.29 is 22.7 Å². The van der Waals surface area contributed by atoms with Crippen molar-refractivity contribution in [3.05, 3.63) is 47.0 Å². The van der Waals surface area contributed by atoms with Crippen LogP contribution in [0.5, 0.6) is 0 Å². The first kappa shape index (κ1) is 21.5. The zero-order valence-electron chi connectivity index (χ0n) is 16.2. The Bertz CT molecular complexity index is 1220. The molecule has 30 heavy (non-hydrogen) atoms. The number of rotatable bonds is 3. The van der Waals surface area contributed by atoms with E-state index in [9.17, 15) is 22.7 Å². The van der Waals surface area contributed by atoms with Gasteiger partial charge in [-0.05, 0) is 38.0 Å². The lowest BCUT2D eigenvalue weighted by atomic mass is 10.0. The van der Waals surface area contributed by atoms with Gasteiger partial charge in [0.05, 0.1) is 11.6 Å². The van der Waals surface area contributed by atoms with E-state index in [-0.39, 0.29) is 34.7 Å². The van der Waals surface area contributed by atoms with Gasteiger partial charge in [-0.1, -0.05) is 5.92 Å². The Hall–Kier alpha value is -3.18. The van der Waals surface area contributed by atoms with Crippen molar-refractivity contribution in [2.24, 2.45) is 7.05 Å². The minimum absolute atomic E-state index is 0.0499. The molecule has 2 aromatic rings. The first-order valence-electron chi connectivity index (χ1n) is 8.99. The molecule has 0 fully saturated rings. The number of nitriles is 1. The smallest absolute Gasteiger partial charge is 0.272 e. The number of nitrogens with zero attached hydrogens (tertiary/aromatic N) is 2.